The van der Waals surface area contributed by atoms with Gasteiger partial charge in [0, 0.05) is 12.8 Å². The van der Waals surface area contributed by atoms with Crippen molar-refractivity contribution in [1.82, 2.24) is 0 Å². The monoisotopic (exact) mass is 598 g/mol. The van der Waals surface area contributed by atoms with Gasteiger partial charge in [-0.3, -0.25) is 9.59 Å². The molecule has 0 bridgehead atoms. The van der Waals surface area contributed by atoms with Crippen molar-refractivity contribution in [2.45, 2.75) is 186 Å². The third kappa shape index (κ3) is 29.7. The van der Waals surface area contributed by atoms with E-state index < -0.39 is 5.97 Å². The predicted molar refractivity (Wildman–Crippen MR) is 182 cm³/mol. The molecule has 0 amide bonds. The highest BCUT2D eigenvalue weighted by atomic mass is 16.5. The maximum Gasteiger partial charge on any atom is 0.306 e. The molecule has 0 heterocycles. The number of unbranched alkanes of at least 4 members (excludes halogenated alkanes) is 24. The van der Waals surface area contributed by atoms with Crippen LogP contribution < -0.4 is 0 Å². The first kappa shape index (κ1) is 38.9. The molecule has 0 aliphatic rings. The molecule has 0 aromatic heterocycles. The van der Waals surface area contributed by atoms with Crippen LogP contribution in [0.3, 0.4) is 0 Å². The van der Waals surface area contributed by atoms with Crippen LogP contribution in [-0.4, -0.2) is 17.0 Å². The summed E-state index contributed by atoms with van der Waals surface area (Å²) in [5, 5.41) is 8.63. The average Bonchev–Trinajstić information content (AvgIpc) is 3.01. The van der Waals surface area contributed by atoms with Crippen LogP contribution in [0.1, 0.15) is 185 Å². The number of ether oxygens (including phenoxy) is 1. The van der Waals surface area contributed by atoms with Gasteiger partial charge in [0.05, 0.1) is 0 Å². The van der Waals surface area contributed by atoms with Crippen molar-refractivity contribution in [1.29, 1.82) is 0 Å². The summed E-state index contributed by atoms with van der Waals surface area (Å²) in [4.78, 5) is 22.3. The number of carbonyl (C=O) groups is 2. The lowest BCUT2D eigenvalue weighted by Crippen LogP contribution is -2.04. The Morgan fingerprint density at radius 3 is 1.23 bits per heavy atom. The lowest BCUT2D eigenvalue weighted by atomic mass is 10.0. The number of aliphatic carboxylic acids is 1. The molecule has 1 aromatic rings. The number of hydrogen-bond donors (Lipinski definition) is 1. The maximum atomic E-state index is 11.8. The van der Waals surface area contributed by atoms with Crippen LogP contribution in [0.25, 0.3) is 0 Å². The van der Waals surface area contributed by atoms with E-state index >= 15 is 0 Å². The van der Waals surface area contributed by atoms with Crippen LogP contribution in [0, 0.1) is 0 Å². The van der Waals surface area contributed by atoms with Crippen molar-refractivity contribution >= 4 is 11.9 Å². The summed E-state index contributed by atoms with van der Waals surface area (Å²) in [5.74, 6) is -0.728. The van der Waals surface area contributed by atoms with Gasteiger partial charge < -0.3 is 9.84 Å². The molecule has 0 aliphatic heterocycles. The summed E-state index contributed by atoms with van der Waals surface area (Å²) in [6.45, 7) is 0.391. The molecule has 0 atom stereocenters. The number of hydrogen-bond acceptors (Lipinski definition) is 3. The van der Waals surface area contributed by atoms with Crippen molar-refractivity contribution < 1.29 is 19.4 Å². The zero-order valence-corrected chi connectivity index (χ0v) is 27.7. The minimum absolute atomic E-state index is 0.0688. The van der Waals surface area contributed by atoms with Gasteiger partial charge in [-0.15, -0.1) is 0 Å². The smallest absolute Gasteiger partial charge is 0.306 e. The number of esters is 1. The van der Waals surface area contributed by atoms with E-state index in [9.17, 15) is 9.59 Å². The second kappa shape index (κ2) is 31.3. The van der Waals surface area contributed by atoms with Gasteiger partial charge in [0.1, 0.15) is 6.61 Å². The van der Waals surface area contributed by atoms with E-state index in [0.717, 1.165) is 31.2 Å². The predicted octanol–water partition coefficient (Wildman–Crippen LogP) is 12.3. The Kier molecular flexibility index (Phi) is 28.4. The van der Waals surface area contributed by atoms with E-state index in [1.165, 1.54) is 141 Å². The van der Waals surface area contributed by atoms with Crippen LogP contribution in [0.15, 0.2) is 42.5 Å². The summed E-state index contributed by atoms with van der Waals surface area (Å²) >= 11 is 0. The molecular formula is C39H66O4. The van der Waals surface area contributed by atoms with E-state index in [1.807, 2.05) is 30.3 Å². The molecule has 246 valence electrons. The van der Waals surface area contributed by atoms with Gasteiger partial charge in [-0.05, 0) is 44.1 Å². The Balaban J connectivity index is 1.68. The SMILES string of the molecule is O=C(O)CCCCCCCCCCCCCC/C=C\CCCCCCCCCCCCCCC(=O)OCc1ccccc1. The molecule has 0 saturated carbocycles. The molecule has 0 spiro atoms. The zero-order chi connectivity index (χ0) is 30.9. The lowest BCUT2D eigenvalue weighted by molar-refractivity contribution is -0.145. The molecule has 43 heavy (non-hydrogen) atoms. The van der Waals surface area contributed by atoms with Gasteiger partial charge >= 0.3 is 11.9 Å². The van der Waals surface area contributed by atoms with Crippen LogP contribution in [0.5, 0.6) is 0 Å². The summed E-state index contributed by atoms with van der Waals surface area (Å²) in [5.41, 5.74) is 1.05. The summed E-state index contributed by atoms with van der Waals surface area (Å²) in [6, 6.07) is 9.89. The normalized spacial score (nSPS) is 11.3. The maximum absolute atomic E-state index is 11.8. The fourth-order valence-corrected chi connectivity index (χ4v) is 5.65. The Morgan fingerprint density at radius 2 is 0.837 bits per heavy atom. The topological polar surface area (TPSA) is 63.6 Å². The molecule has 1 N–H and O–H groups in total. The Morgan fingerprint density at radius 1 is 0.488 bits per heavy atom. The molecule has 1 rings (SSSR count). The van der Waals surface area contributed by atoms with Gasteiger partial charge in [0.2, 0.25) is 0 Å². The van der Waals surface area contributed by atoms with Gasteiger partial charge in [0.25, 0.3) is 0 Å². The van der Waals surface area contributed by atoms with Gasteiger partial charge in [-0.2, -0.15) is 0 Å². The third-order valence-corrected chi connectivity index (χ3v) is 8.42. The fraction of sp³-hybridized carbons (Fsp3) is 0.744. The molecule has 4 heteroatoms. The Bertz CT molecular complexity index is 773. The fourth-order valence-electron chi connectivity index (χ4n) is 5.65. The largest absolute Gasteiger partial charge is 0.481 e. The summed E-state index contributed by atoms with van der Waals surface area (Å²) < 4.78 is 5.34. The van der Waals surface area contributed by atoms with Crippen LogP contribution in [-0.2, 0) is 20.9 Å². The van der Waals surface area contributed by atoms with Crippen molar-refractivity contribution in [3.05, 3.63) is 48.0 Å². The number of carboxylic acid groups (broad SMARTS) is 1. The highest BCUT2D eigenvalue weighted by molar-refractivity contribution is 5.69. The Hall–Kier alpha value is -2.10. The number of rotatable bonds is 32. The molecule has 0 radical (unpaired) electrons. The van der Waals surface area contributed by atoms with E-state index in [-0.39, 0.29) is 5.97 Å². The average molecular weight is 599 g/mol. The number of carbonyl (C=O) groups excluding carboxylic acids is 1. The molecule has 0 unspecified atom stereocenters. The second-order valence-corrected chi connectivity index (χ2v) is 12.6. The first-order valence-corrected chi connectivity index (χ1v) is 18.2. The minimum Gasteiger partial charge on any atom is -0.481 e. The third-order valence-electron chi connectivity index (χ3n) is 8.42. The van der Waals surface area contributed by atoms with Gasteiger partial charge in [0.15, 0.2) is 0 Å². The van der Waals surface area contributed by atoms with Gasteiger partial charge in [-0.1, -0.05) is 171 Å². The van der Waals surface area contributed by atoms with Crippen LogP contribution >= 0.6 is 0 Å². The quantitative estimate of drug-likeness (QED) is 0.0509. The Labute approximate surface area is 265 Å². The van der Waals surface area contributed by atoms with E-state index in [0.29, 0.717) is 19.4 Å². The van der Waals surface area contributed by atoms with E-state index in [4.69, 9.17) is 9.84 Å². The molecule has 4 nitrogen and oxygen atoms in total. The van der Waals surface area contributed by atoms with E-state index in [1.54, 1.807) is 0 Å². The molecule has 0 saturated heterocycles. The first-order valence-electron chi connectivity index (χ1n) is 18.2. The molecular weight excluding hydrogens is 532 g/mol. The highest BCUT2D eigenvalue weighted by Crippen LogP contribution is 2.15. The van der Waals surface area contributed by atoms with Crippen molar-refractivity contribution in [2.24, 2.45) is 0 Å². The highest BCUT2D eigenvalue weighted by Gasteiger charge is 2.03. The molecule has 0 aliphatic carbocycles. The lowest BCUT2D eigenvalue weighted by Gasteiger charge is -2.05. The zero-order valence-electron chi connectivity index (χ0n) is 27.7. The minimum atomic E-state index is -0.659. The standard InChI is InChI=1S/C39H66O4/c40-38(41)34-30-25-23-21-19-17-15-13-11-9-7-5-3-1-2-4-6-8-10-12-14-16-18-20-22-24-26-31-35-39(42)43-36-37-32-28-27-29-33-37/h1-2,27-29,32-33H,3-26,30-31,34-36H2,(H,40,41)/b2-1-. The number of allylic oxidation sites excluding steroid dienone is 2. The molecule has 0 fully saturated rings. The van der Waals surface area contributed by atoms with Crippen molar-refractivity contribution in [3.63, 3.8) is 0 Å². The number of benzene rings is 1. The second-order valence-electron chi connectivity index (χ2n) is 12.6. The number of carboxylic acids is 1. The van der Waals surface area contributed by atoms with Crippen LogP contribution in [0.4, 0.5) is 0 Å². The first-order chi connectivity index (χ1) is 21.2. The summed E-state index contributed by atoms with van der Waals surface area (Å²) in [7, 11) is 0. The molecule has 1 aromatic carbocycles. The van der Waals surface area contributed by atoms with Crippen molar-refractivity contribution in [3.8, 4) is 0 Å². The van der Waals surface area contributed by atoms with Crippen LogP contribution in [0.2, 0.25) is 0 Å². The van der Waals surface area contributed by atoms with Gasteiger partial charge in [-0.25, -0.2) is 0 Å². The van der Waals surface area contributed by atoms with E-state index in [2.05, 4.69) is 12.2 Å². The van der Waals surface area contributed by atoms with Crippen molar-refractivity contribution in [2.75, 3.05) is 0 Å². The summed E-state index contributed by atoms with van der Waals surface area (Å²) in [6.07, 6.45) is 39.1.